The molecule has 0 bridgehead atoms. The van der Waals surface area contributed by atoms with E-state index in [4.69, 9.17) is 4.16 Å². The first-order valence-corrected chi connectivity index (χ1v) is 5.56. The fourth-order valence-corrected chi connectivity index (χ4v) is 1.79. The predicted molar refractivity (Wildman–Crippen MR) is 16.4 cm³/mol. The van der Waals surface area contributed by atoms with E-state index in [9.17, 15) is 19.4 Å². The molecule has 0 unspecified atom stereocenters. The van der Waals surface area contributed by atoms with Crippen LogP contribution >= 0.6 is 13.5 Å². The van der Waals surface area contributed by atoms with Crippen LogP contribution in [-0.4, -0.2) is 4.16 Å². The maximum atomic E-state index is 9.49. The van der Waals surface area contributed by atoms with Gasteiger partial charge < -0.3 is 0 Å². The van der Waals surface area contributed by atoms with E-state index < -0.39 is 27.2 Å². The molecule has 0 saturated carbocycles. The van der Waals surface area contributed by atoms with Crippen molar-refractivity contribution < 1.29 is 83.2 Å². The van der Waals surface area contributed by atoms with Crippen LogP contribution in [0.5, 0.6) is 0 Å². The molecule has 0 radical (unpaired) electrons. The van der Waals surface area contributed by atoms with Gasteiger partial charge in [0.25, 0.3) is 0 Å². The molecule has 0 aliphatic rings. The first kappa shape index (κ1) is 18.3. The van der Waals surface area contributed by atoms with Crippen molar-refractivity contribution in [3.63, 3.8) is 0 Å². The van der Waals surface area contributed by atoms with Gasteiger partial charge in [-0.1, -0.05) is 0 Å². The summed E-state index contributed by atoms with van der Waals surface area (Å²) in [6, 6.07) is 0. The van der Waals surface area contributed by atoms with Crippen molar-refractivity contribution in [1.82, 2.24) is 0 Å². The van der Waals surface area contributed by atoms with Crippen LogP contribution in [-0.2, 0) is 45.3 Å². The summed E-state index contributed by atoms with van der Waals surface area (Å²) in [5.41, 5.74) is 0. The Hall–Kier alpha value is 1.49. The molecular formula is H3Cr2NaO7S. The van der Waals surface area contributed by atoms with E-state index in [1.807, 2.05) is 0 Å². The Kier molecular flexibility index (Phi) is 10.0. The second-order valence-corrected chi connectivity index (χ2v) is 4.60. The van der Waals surface area contributed by atoms with E-state index in [1.165, 1.54) is 0 Å². The van der Waals surface area contributed by atoms with Crippen molar-refractivity contribution in [2.24, 2.45) is 0 Å². The number of hydrogen-bond acceptors (Lipinski definition) is 6. The zero-order chi connectivity index (χ0) is 7.71. The van der Waals surface area contributed by atoms with Crippen LogP contribution in [0.15, 0.2) is 0 Å². The van der Waals surface area contributed by atoms with E-state index in [-0.39, 0.29) is 43.1 Å². The third-order valence-electron chi connectivity index (χ3n) is 0.169. The molecule has 64 valence electrons. The molecule has 0 aromatic heterocycles. The zero-order valence-corrected chi connectivity index (χ0v) is 10.8. The van der Waals surface area contributed by atoms with Gasteiger partial charge in [0, 0.05) is 0 Å². The van der Waals surface area contributed by atoms with Gasteiger partial charge in [0.1, 0.15) is 0 Å². The first-order chi connectivity index (χ1) is 3.71. The molecule has 7 nitrogen and oxygen atoms in total. The summed E-state index contributed by atoms with van der Waals surface area (Å²) in [5, 5.41) is 0. The van der Waals surface area contributed by atoms with Gasteiger partial charge in [0.15, 0.2) is 0 Å². The van der Waals surface area contributed by atoms with Gasteiger partial charge in [0.05, 0.1) is 0 Å². The van der Waals surface area contributed by atoms with E-state index >= 15 is 0 Å². The SMILES string of the molecule is S.[Na+].[O]=[Cr](=[O])([O-])[O][Cr](=[O])(=[O])[OH]. The molecule has 0 aromatic rings. The van der Waals surface area contributed by atoms with Gasteiger partial charge in [-0.05, 0) is 0 Å². The van der Waals surface area contributed by atoms with Crippen molar-refractivity contribution in [1.29, 1.82) is 0 Å². The molecule has 0 fully saturated rings. The summed E-state index contributed by atoms with van der Waals surface area (Å²) in [5.74, 6) is 0. The van der Waals surface area contributed by atoms with Crippen molar-refractivity contribution in [3.8, 4) is 0 Å². The average molecular weight is 274 g/mol. The molecule has 11 heteroatoms. The fourth-order valence-electron chi connectivity index (χ4n) is 0.105. The first-order valence-electron chi connectivity index (χ1n) is 1.35. The predicted octanol–water partition coefficient (Wildman–Crippen LogP) is -5.18. The van der Waals surface area contributed by atoms with Gasteiger partial charge >= 0.3 is 83.2 Å². The zero-order valence-electron chi connectivity index (χ0n) is 5.21. The van der Waals surface area contributed by atoms with Gasteiger partial charge in [-0.15, -0.1) is 0 Å². The van der Waals surface area contributed by atoms with E-state index in [0.29, 0.717) is 0 Å². The Morgan fingerprint density at radius 3 is 1.45 bits per heavy atom. The average Bonchev–Trinajstić information content (AvgIpc) is 1.14. The minimum absolute atomic E-state index is 0. The fraction of sp³-hybridized carbons (Fsp3) is 0. The van der Waals surface area contributed by atoms with E-state index in [2.05, 4.69) is 2.84 Å². The molecular weight excluding hydrogens is 271 g/mol. The van der Waals surface area contributed by atoms with Crippen LogP contribution in [0.25, 0.3) is 0 Å². The summed E-state index contributed by atoms with van der Waals surface area (Å²) in [6.45, 7) is 0. The molecule has 11 heavy (non-hydrogen) atoms. The summed E-state index contributed by atoms with van der Waals surface area (Å²) in [7, 11) is 0. The molecule has 0 aliphatic carbocycles. The third kappa shape index (κ3) is 18.4. The van der Waals surface area contributed by atoms with Crippen LogP contribution < -0.4 is 33.7 Å². The summed E-state index contributed by atoms with van der Waals surface area (Å²) in [4.78, 5) is 0. The quantitative estimate of drug-likeness (QED) is 0.499. The number of rotatable bonds is 2. The molecule has 0 heterocycles. The number of hydrogen-bond donors (Lipinski definition) is 1. The van der Waals surface area contributed by atoms with Gasteiger partial charge in [-0.25, -0.2) is 0 Å². The van der Waals surface area contributed by atoms with Crippen LogP contribution in [0.1, 0.15) is 0 Å². The molecule has 1 N–H and O–H groups in total. The third-order valence-corrected chi connectivity index (χ3v) is 2.88. The monoisotopic (exact) mass is 274 g/mol. The molecule has 0 saturated heterocycles. The van der Waals surface area contributed by atoms with Gasteiger partial charge in [0.2, 0.25) is 0 Å². The standard InChI is InChI=1S/2Cr.Na.H2O.6O.H2S/h;;;1H2;;;;;;;1H2/q;2*+1;;;;;;;-1;/p-1. The minimum atomic E-state index is -6.01. The van der Waals surface area contributed by atoms with E-state index in [0.717, 1.165) is 0 Å². The Balaban J connectivity index is -0.000000320. The molecule has 0 aliphatic heterocycles. The molecule has 0 amide bonds. The van der Waals surface area contributed by atoms with Crippen molar-refractivity contribution in [2.75, 3.05) is 0 Å². The van der Waals surface area contributed by atoms with Crippen LogP contribution in [0.3, 0.4) is 0 Å². The van der Waals surface area contributed by atoms with Crippen molar-refractivity contribution >= 4 is 13.5 Å². The molecule has 0 spiro atoms. The molecule has 0 rings (SSSR count). The molecule has 0 atom stereocenters. The van der Waals surface area contributed by atoms with Crippen LogP contribution in [0.4, 0.5) is 0 Å². The van der Waals surface area contributed by atoms with Gasteiger partial charge in [-0.2, -0.15) is 13.5 Å². The van der Waals surface area contributed by atoms with Crippen LogP contribution in [0, 0.1) is 0 Å². The second kappa shape index (κ2) is 6.03. The topological polar surface area (TPSA) is 121 Å². The molecule has 0 aromatic carbocycles. The second-order valence-electron chi connectivity index (χ2n) is 0.904. The summed E-state index contributed by atoms with van der Waals surface area (Å²) in [6.07, 6.45) is 0. The van der Waals surface area contributed by atoms with Crippen LogP contribution in [0.2, 0.25) is 0 Å². The Labute approximate surface area is 95.6 Å². The summed E-state index contributed by atoms with van der Waals surface area (Å²) < 4.78 is 57.6. The Bertz CT molecular complexity index is 242. The van der Waals surface area contributed by atoms with Crippen molar-refractivity contribution in [3.05, 3.63) is 0 Å². The summed E-state index contributed by atoms with van der Waals surface area (Å²) >= 11 is -11.8. The van der Waals surface area contributed by atoms with E-state index in [1.54, 1.807) is 0 Å². The van der Waals surface area contributed by atoms with Gasteiger partial charge in [-0.3, -0.25) is 0 Å². The maximum absolute atomic E-state index is 9.49. The Morgan fingerprint density at radius 2 is 1.45 bits per heavy atom. The van der Waals surface area contributed by atoms with Crippen molar-refractivity contribution in [2.45, 2.75) is 0 Å². The Morgan fingerprint density at radius 1 is 1.18 bits per heavy atom. The normalized spacial score (nSPS) is 11.1.